The molecule has 48 valence electrons. The molecule has 0 bridgehead atoms. The molecule has 0 aromatic heterocycles. The summed E-state index contributed by atoms with van der Waals surface area (Å²) in [5, 5.41) is -0.417. The van der Waals surface area contributed by atoms with Gasteiger partial charge in [-0.1, -0.05) is 11.6 Å². The summed E-state index contributed by atoms with van der Waals surface area (Å²) in [6.45, 7) is 1.84. The van der Waals surface area contributed by atoms with Gasteiger partial charge in [-0.05, 0) is 6.92 Å². The zero-order chi connectivity index (χ0) is 6.20. The molecule has 1 saturated heterocycles. The Morgan fingerprint density at radius 1 is 1.88 bits per heavy atom. The van der Waals surface area contributed by atoms with Gasteiger partial charge in [0, 0.05) is 12.3 Å². The molecule has 0 spiro atoms. The monoisotopic (exact) mass is 154 g/mol. The third-order valence-corrected chi connectivity index (χ3v) is 1.76. The SMILES string of the molecule is CC1(Cl)CC(CCl)O1. The molecule has 1 rings (SSSR count). The first-order chi connectivity index (χ1) is 3.64. The van der Waals surface area contributed by atoms with Gasteiger partial charge in [0.1, 0.15) is 5.06 Å². The van der Waals surface area contributed by atoms with Crippen molar-refractivity contribution in [1.29, 1.82) is 0 Å². The van der Waals surface area contributed by atoms with E-state index in [9.17, 15) is 0 Å². The van der Waals surface area contributed by atoms with Crippen LogP contribution in [0.4, 0.5) is 0 Å². The Balaban J connectivity index is 2.21. The van der Waals surface area contributed by atoms with E-state index in [1.54, 1.807) is 0 Å². The molecule has 0 aromatic rings. The number of alkyl halides is 2. The average molecular weight is 155 g/mol. The Hall–Kier alpha value is 0.540. The molecular weight excluding hydrogens is 147 g/mol. The quantitative estimate of drug-likeness (QED) is 0.526. The lowest BCUT2D eigenvalue weighted by Gasteiger charge is -2.39. The lowest BCUT2D eigenvalue weighted by atomic mass is 10.1. The third-order valence-electron chi connectivity index (χ3n) is 1.18. The minimum Gasteiger partial charge on any atom is -0.355 e. The first kappa shape index (κ1) is 6.66. The van der Waals surface area contributed by atoms with E-state index in [-0.39, 0.29) is 6.10 Å². The molecule has 1 heterocycles. The highest BCUT2D eigenvalue weighted by Gasteiger charge is 2.38. The Bertz CT molecular complexity index is 84.4. The van der Waals surface area contributed by atoms with Crippen LogP contribution in [-0.4, -0.2) is 17.0 Å². The summed E-state index contributed by atoms with van der Waals surface area (Å²) in [5.41, 5.74) is 0. The molecule has 2 atom stereocenters. The van der Waals surface area contributed by atoms with E-state index < -0.39 is 5.06 Å². The van der Waals surface area contributed by atoms with Crippen molar-refractivity contribution in [2.45, 2.75) is 24.5 Å². The molecule has 1 nitrogen and oxygen atoms in total. The van der Waals surface area contributed by atoms with Gasteiger partial charge >= 0.3 is 0 Å². The Kier molecular flexibility index (Phi) is 1.71. The Labute approximate surface area is 58.9 Å². The fourth-order valence-electron chi connectivity index (χ4n) is 0.831. The molecule has 8 heavy (non-hydrogen) atoms. The molecule has 0 saturated carbocycles. The van der Waals surface area contributed by atoms with Gasteiger partial charge in [0.15, 0.2) is 0 Å². The summed E-state index contributed by atoms with van der Waals surface area (Å²) in [6.07, 6.45) is 1.07. The van der Waals surface area contributed by atoms with Gasteiger partial charge in [-0.3, -0.25) is 0 Å². The van der Waals surface area contributed by atoms with Gasteiger partial charge in [-0.2, -0.15) is 0 Å². The van der Waals surface area contributed by atoms with Crippen LogP contribution in [0.2, 0.25) is 0 Å². The van der Waals surface area contributed by atoms with Crippen molar-refractivity contribution in [3.63, 3.8) is 0 Å². The largest absolute Gasteiger partial charge is 0.355 e. The topological polar surface area (TPSA) is 9.23 Å². The Morgan fingerprint density at radius 2 is 2.38 bits per heavy atom. The van der Waals surface area contributed by atoms with Crippen molar-refractivity contribution >= 4 is 23.2 Å². The summed E-state index contributed by atoms with van der Waals surface area (Å²) < 4.78 is 5.11. The molecule has 0 aromatic carbocycles. The maximum Gasteiger partial charge on any atom is 0.142 e. The molecule has 1 aliphatic heterocycles. The molecular formula is C5H8Cl2O. The molecule has 2 unspecified atom stereocenters. The van der Waals surface area contributed by atoms with Crippen LogP contribution < -0.4 is 0 Å². The van der Waals surface area contributed by atoms with E-state index in [4.69, 9.17) is 27.9 Å². The van der Waals surface area contributed by atoms with Crippen LogP contribution in [0, 0.1) is 0 Å². The molecule has 0 N–H and O–H groups in total. The maximum absolute atomic E-state index is 5.70. The third kappa shape index (κ3) is 1.28. The summed E-state index contributed by atoms with van der Waals surface area (Å²) in [5.74, 6) is 0.558. The van der Waals surface area contributed by atoms with Crippen molar-refractivity contribution in [1.82, 2.24) is 0 Å². The van der Waals surface area contributed by atoms with Gasteiger partial charge in [-0.25, -0.2) is 0 Å². The Morgan fingerprint density at radius 3 is 2.50 bits per heavy atom. The number of ether oxygens (including phenoxy) is 1. The minimum atomic E-state index is -0.417. The second kappa shape index (κ2) is 2.05. The minimum absolute atomic E-state index is 0.194. The summed E-state index contributed by atoms with van der Waals surface area (Å²) in [6, 6.07) is 0. The van der Waals surface area contributed by atoms with Crippen LogP contribution in [0.25, 0.3) is 0 Å². The summed E-state index contributed by atoms with van der Waals surface area (Å²) in [4.78, 5) is 0. The van der Waals surface area contributed by atoms with Gasteiger partial charge in [0.2, 0.25) is 0 Å². The highest BCUT2D eigenvalue weighted by Crippen LogP contribution is 2.36. The molecule has 0 amide bonds. The molecule has 3 heteroatoms. The number of hydrogen-bond donors (Lipinski definition) is 0. The van der Waals surface area contributed by atoms with Crippen LogP contribution in [-0.2, 0) is 4.74 Å². The zero-order valence-corrected chi connectivity index (χ0v) is 6.17. The van der Waals surface area contributed by atoms with Crippen LogP contribution >= 0.6 is 23.2 Å². The zero-order valence-electron chi connectivity index (χ0n) is 4.66. The van der Waals surface area contributed by atoms with Crippen molar-refractivity contribution in [2.24, 2.45) is 0 Å². The standard InChI is InChI=1S/C5H8Cl2O/c1-5(7)2-4(3-6)8-5/h4H,2-3H2,1H3. The van der Waals surface area contributed by atoms with Crippen molar-refractivity contribution < 1.29 is 4.74 Å². The van der Waals surface area contributed by atoms with Crippen LogP contribution in [0.1, 0.15) is 13.3 Å². The van der Waals surface area contributed by atoms with Crippen LogP contribution in [0.5, 0.6) is 0 Å². The fourth-order valence-corrected chi connectivity index (χ4v) is 1.30. The highest BCUT2D eigenvalue weighted by atomic mass is 35.5. The number of hydrogen-bond acceptors (Lipinski definition) is 1. The lowest BCUT2D eigenvalue weighted by Crippen LogP contribution is -2.44. The molecule has 1 aliphatic rings. The van der Waals surface area contributed by atoms with Crippen molar-refractivity contribution in [3.05, 3.63) is 0 Å². The fraction of sp³-hybridized carbons (Fsp3) is 1.00. The van der Waals surface area contributed by atoms with Crippen LogP contribution in [0.15, 0.2) is 0 Å². The average Bonchev–Trinajstić information content (AvgIpc) is 1.60. The molecule has 1 fully saturated rings. The lowest BCUT2D eigenvalue weighted by molar-refractivity contribution is -0.131. The van der Waals surface area contributed by atoms with Crippen molar-refractivity contribution in [2.75, 3.05) is 5.88 Å². The molecule has 0 aliphatic carbocycles. The van der Waals surface area contributed by atoms with E-state index in [0.717, 1.165) is 6.42 Å². The number of rotatable bonds is 1. The normalized spacial score (nSPS) is 46.1. The predicted molar refractivity (Wildman–Crippen MR) is 34.5 cm³/mol. The van der Waals surface area contributed by atoms with Gasteiger partial charge < -0.3 is 4.74 Å². The smallest absolute Gasteiger partial charge is 0.142 e. The van der Waals surface area contributed by atoms with E-state index in [2.05, 4.69) is 0 Å². The first-order valence-electron chi connectivity index (χ1n) is 2.57. The van der Waals surface area contributed by atoms with Gasteiger partial charge in [-0.15, -0.1) is 11.6 Å². The van der Waals surface area contributed by atoms with E-state index in [1.807, 2.05) is 6.92 Å². The van der Waals surface area contributed by atoms with Crippen LogP contribution in [0.3, 0.4) is 0 Å². The van der Waals surface area contributed by atoms with E-state index >= 15 is 0 Å². The second-order valence-electron chi connectivity index (χ2n) is 2.20. The molecule has 0 radical (unpaired) electrons. The van der Waals surface area contributed by atoms with Gasteiger partial charge in [0.25, 0.3) is 0 Å². The highest BCUT2D eigenvalue weighted by molar-refractivity contribution is 6.23. The first-order valence-corrected chi connectivity index (χ1v) is 3.48. The van der Waals surface area contributed by atoms with Gasteiger partial charge in [0.05, 0.1) is 6.10 Å². The number of halogens is 2. The van der Waals surface area contributed by atoms with Crippen molar-refractivity contribution in [3.8, 4) is 0 Å². The second-order valence-corrected chi connectivity index (χ2v) is 3.31. The van der Waals surface area contributed by atoms with E-state index in [1.165, 1.54) is 0 Å². The maximum atomic E-state index is 5.70. The van der Waals surface area contributed by atoms with E-state index in [0.29, 0.717) is 5.88 Å². The summed E-state index contributed by atoms with van der Waals surface area (Å²) >= 11 is 11.1. The predicted octanol–water partition coefficient (Wildman–Crippen LogP) is 1.97. The summed E-state index contributed by atoms with van der Waals surface area (Å²) in [7, 11) is 0.